The van der Waals surface area contributed by atoms with Gasteiger partial charge in [-0.25, -0.2) is 4.39 Å². The fourth-order valence-corrected chi connectivity index (χ4v) is 4.51. The van der Waals surface area contributed by atoms with E-state index >= 15 is 0 Å². The van der Waals surface area contributed by atoms with Gasteiger partial charge < -0.3 is 14.8 Å². The van der Waals surface area contributed by atoms with E-state index in [1.807, 2.05) is 25.1 Å². The first-order chi connectivity index (χ1) is 14.1. The largest absolute Gasteiger partial charge is 0.493 e. The van der Waals surface area contributed by atoms with Crippen molar-refractivity contribution in [1.82, 2.24) is 10.2 Å². The van der Waals surface area contributed by atoms with Crippen molar-refractivity contribution in [1.29, 1.82) is 0 Å². The van der Waals surface area contributed by atoms with E-state index in [0.29, 0.717) is 23.1 Å². The van der Waals surface area contributed by atoms with Crippen LogP contribution in [-0.4, -0.2) is 29.0 Å². The summed E-state index contributed by atoms with van der Waals surface area (Å²) in [6.07, 6.45) is 0. The quantitative estimate of drug-likeness (QED) is 0.655. The highest BCUT2D eigenvalue weighted by Gasteiger charge is 2.31. The summed E-state index contributed by atoms with van der Waals surface area (Å²) in [5.41, 5.74) is 3.53. The van der Waals surface area contributed by atoms with Crippen LogP contribution < -0.4 is 14.8 Å². The van der Waals surface area contributed by atoms with E-state index in [-0.39, 0.29) is 23.6 Å². The van der Waals surface area contributed by atoms with Gasteiger partial charge in [0, 0.05) is 16.8 Å². The first kappa shape index (κ1) is 19.3. The molecule has 1 aromatic heterocycles. The molecule has 6 nitrogen and oxygen atoms in total. The van der Waals surface area contributed by atoms with Crippen molar-refractivity contribution in [3.63, 3.8) is 0 Å². The van der Waals surface area contributed by atoms with Gasteiger partial charge in [-0.05, 0) is 30.7 Å². The Morgan fingerprint density at radius 1 is 1.24 bits per heavy atom. The summed E-state index contributed by atoms with van der Waals surface area (Å²) < 4.78 is 24.9. The van der Waals surface area contributed by atoms with Crippen LogP contribution in [0.3, 0.4) is 0 Å². The molecule has 4 rings (SSSR count). The molecule has 1 aliphatic heterocycles. The molecule has 2 aromatic carbocycles. The lowest BCUT2D eigenvalue weighted by atomic mass is 10.0. The van der Waals surface area contributed by atoms with E-state index in [0.717, 1.165) is 22.4 Å². The zero-order valence-corrected chi connectivity index (χ0v) is 16.8. The van der Waals surface area contributed by atoms with E-state index < -0.39 is 0 Å². The first-order valence-electron chi connectivity index (χ1n) is 9.07. The van der Waals surface area contributed by atoms with Crippen molar-refractivity contribution in [2.45, 2.75) is 18.8 Å². The van der Waals surface area contributed by atoms with Crippen LogP contribution in [0.25, 0.3) is 0 Å². The fourth-order valence-electron chi connectivity index (χ4n) is 3.30. The van der Waals surface area contributed by atoms with Gasteiger partial charge >= 0.3 is 0 Å². The number of hydrogen-bond acceptors (Lipinski definition) is 5. The van der Waals surface area contributed by atoms with E-state index in [1.165, 1.54) is 23.9 Å². The van der Waals surface area contributed by atoms with Crippen molar-refractivity contribution in [2.24, 2.45) is 0 Å². The molecular formula is C21H20FN3O3S. The molecule has 1 atom stereocenters. The molecule has 0 bridgehead atoms. The smallest absolute Gasteiger partial charge is 0.235 e. The van der Waals surface area contributed by atoms with Crippen LogP contribution in [0.2, 0.25) is 0 Å². The number of H-pyrrole nitrogens is 1. The number of fused-ring (bicyclic) bond motifs is 1. The summed E-state index contributed by atoms with van der Waals surface area (Å²) in [5, 5.41) is 9.87. The Morgan fingerprint density at radius 2 is 2.03 bits per heavy atom. The second-order valence-electron chi connectivity index (χ2n) is 6.64. The van der Waals surface area contributed by atoms with Crippen LogP contribution in [0.5, 0.6) is 11.5 Å². The third-order valence-corrected chi connectivity index (χ3v) is 5.96. The number of hydrogen-bond donors (Lipinski definition) is 2. The molecule has 0 unspecified atom stereocenters. The van der Waals surface area contributed by atoms with Gasteiger partial charge in [-0.3, -0.25) is 9.89 Å². The van der Waals surface area contributed by atoms with E-state index in [2.05, 4.69) is 15.5 Å². The van der Waals surface area contributed by atoms with Crippen LogP contribution in [0.4, 0.5) is 10.2 Å². The van der Waals surface area contributed by atoms with E-state index in [9.17, 15) is 9.18 Å². The zero-order valence-electron chi connectivity index (χ0n) is 16.0. The van der Waals surface area contributed by atoms with Gasteiger partial charge in [-0.2, -0.15) is 5.10 Å². The predicted octanol–water partition coefficient (Wildman–Crippen LogP) is 4.22. The minimum atomic E-state index is -0.290. The van der Waals surface area contributed by atoms with E-state index in [4.69, 9.17) is 9.47 Å². The highest BCUT2D eigenvalue weighted by atomic mass is 32.2. The Labute approximate surface area is 171 Å². The predicted molar refractivity (Wildman–Crippen MR) is 110 cm³/mol. The molecule has 0 saturated heterocycles. The number of methoxy groups -OCH3 is 1. The minimum absolute atomic E-state index is 0.0954. The molecule has 0 fully saturated rings. The third kappa shape index (κ3) is 3.93. The molecule has 150 valence electrons. The number of anilines is 1. The molecule has 2 N–H and O–H groups in total. The molecule has 0 radical (unpaired) electrons. The van der Waals surface area contributed by atoms with Gasteiger partial charge in [0.2, 0.25) is 5.91 Å². The molecule has 0 aliphatic carbocycles. The minimum Gasteiger partial charge on any atom is -0.493 e. The Hall–Kier alpha value is -3.00. The van der Waals surface area contributed by atoms with Gasteiger partial charge in [0.1, 0.15) is 12.4 Å². The Bertz CT molecular complexity index is 1040. The number of aromatic amines is 1. The van der Waals surface area contributed by atoms with Crippen LogP contribution in [0, 0.1) is 12.7 Å². The summed E-state index contributed by atoms with van der Waals surface area (Å²) in [4.78, 5) is 12.1. The normalized spacial score (nSPS) is 16.0. The number of nitrogens with zero attached hydrogens (tertiary/aromatic N) is 1. The number of amides is 1. The number of para-hydroxylation sites is 1. The summed E-state index contributed by atoms with van der Waals surface area (Å²) in [6.45, 7) is 2.19. The van der Waals surface area contributed by atoms with Crippen molar-refractivity contribution >= 4 is 23.5 Å². The molecule has 2 heterocycles. The van der Waals surface area contributed by atoms with Crippen LogP contribution in [0.1, 0.15) is 27.6 Å². The average Bonchev–Trinajstić information content (AvgIpc) is 2.98. The molecule has 8 heteroatoms. The van der Waals surface area contributed by atoms with Gasteiger partial charge in [-0.1, -0.05) is 24.3 Å². The van der Waals surface area contributed by atoms with Crippen molar-refractivity contribution < 1.29 is 18.7 Å². The van der Waals surface area contributed by atoms with Gasteiger partial charge in [0.15, 0.2) is 17.3 Å². The fraction of sp³-hybridized carbons (Fsp3) is 0.238. The zero-order chi connectivity index (χ0) is 20.4. The number of halogens is 1. The lowest BCUT2D eigenvalue weighted by molar-refractivity contribution is -0.113. The summed E-state index contributed by atoms with van der Waals surface area (Å²) >= 11 is 1.51. The number of carbonyl (C=O) groups is 1. The van der Waals surface area contributed by atoms with Gasteiger partial charge in [0.25, 0.3) is 0 Å². The SMILES string of the molecule is COc1cccc([C@@H]2SCC(=O)Nc3n[nH]c(C)c32)c1OCc1ccc(F)cc1. The number of ether oxygens (including phenoxy) is 2. The maximum absolute atomic E-state index is 13.2. The Kier molecular flexibility index (Phi) is 5.44. The molecular weight excluding hydrogens is 393 g/mol. The third-order valence-electron chi connectivity index (χ3n) is 4.70. The maximum atomic E-state index is 13.2. The Balaban J connectivity index is 1.73. The summed E-state index contributed by atoms with van der Waals surface area (Å²) in [6, 6.07) is 11.9. The van der Waals surface area contributed by atoms with Gasteiger partial charge in [-0.15, -0.1) is 11.8 Å². The van der Waals surface area contributed by atoms with Crippen LogP contribution in [0.15, 0.2) is 42.5 Å². The molecule has 1 aliphatic rings. The number of carbonyl (C=O) groups excluding carboxylic acids is 1. The van der Waals surface area contributed by atoms with Crippen molar-refractivity contribution in [3.05, 3.63) is 70.7 Å². The summed E-state index contributed by atoms with van der Waals surface area (Å²) in [5.74, 6) is 1.64. The highest BCUT2D eigenvalue weighted by molar-refractivity contribution is 8.00. The number of nitrogens with one attached hydrogen (secondary N) is 2. The monoisotopic (exact) mass is 413 g/mol. The number of benzene rings is 2. The molecule has 0 saturated carbocycles. The second kappa shape index (κ2) is 8.16. The molecule has 29 heavy (non-hydrogen) atoms. The van der Waals surface area contributed by atoms with Crippen molar-refractivity contribution in [2.75, 3.05) is 18.2 Å². The number of rotatable bonds is 5. The molecule has 3 aromatic rings. The van der Waals surface area contributed by atoms with E-state index in [1.54, 1.807) is 19.2 Å². The molecule has 1 amide bonds. The van der Waals surface area contributed by atoms with Crippen molar-refractivity contribution in [3.8, 4) is 11.5 Å². The number of aromatic nitrogens is 2. The lowest BCUT2D eigenvalue weighted by Crippen LogP contribution is -2.12. The highest BCUT2D eigenvalue weighted by Crippen LogP contribution is 2.47. The van der Waals surface area contributed by atoms with Gasteiger partial charge in [0.05, 0.1) is 18.1 Å². The number of thioether (sulfide) groups is 1. The second-order valence-corrected chi connectivity index (χ2v) is 7.74. The maximum Gasteiger partial charge on any atom is 0.235 e. The topological polar surface area (TPSA) is 76.2 Å². The Morgan fingerprint density at radius 3 is 2.79 bits per heavy atom. The van der Waals surface area contributed by atoms with Crippen LogP contribution >= 0.6 is 11.8 Å². The molecule has 0 spiro atoms. The first-order valence-corrected chi connectivity index (χ1v) is 10.1. The van der Waals surface area contributed by atoms with Crippen LogP contribution in [-0.2, 0) is 11.4 Å². The summed E-state index contributed by atoms with van der Waals surface area (Å²) in [7, 11) is 1.59. The average molecular weight is 413 g/mol. The standard InChI is InChI=1S/C21H20FN3O3S/c1-12-18-20(29-11-17(26)23-21(18)25-24-12)15-4-3-5-16(27-2)19(15)28-10-13-6-8-14(22)9-7-13/h3-9,20H,10-11H2,1-2H3,(H2,23,24,25,26)/t20-/m0/s1. The lowest BCUT2D eigenvalue weighted by Gasteiger charge is -2.21. The number of aryl methyl sites for hydroxylation is 1.